The molecule has 1 aromatic carbocycles. The van der Waals surface area contributed by atoms with Crippen LogP contribution in [0.15, 0.2) is 29.2 Å². The highest BCUT2D eigenvalue weighted by atomic mass is 32.2. The van der Waals surface area contributed by atoms with Gasteiger partial charge in [-0.25, -0.2) is 0 Å². The van der Waals surface area contributed by atoms with Gasteiger partial charge in [0.25, 0.3) is 0 Å². The van der Waals surface area contributed by atoms with Crippen molar-refractivity contribution in [1.29, 1.82) is 0 Å². The number of nitrogens with zero attached hydrogens (tertiary/aromatic N) is 1. The summed E-state index contributed by atoms with van der Waals surface area (Å²) in [6.45, 7) is 0. The van der Waals surface area contributed by atoms with Crippen LogP contribution in [0.1, 0.15) is 37.7 Å². The smallest absolute Gasteiger partial charge is 0.223 e. The first-order chi connectivity index (χ1) is 10.7. The maximum atomic E-state index is 12.6. The number of aryl methyl sites for hydroxylation is 1. The van der Waals surface area contributed by atoms with E-state index in [9.17, 15) is 4.79 Å². The van der Waals surface area contributed by atoms with E-state index in [1.54, 1.807) is 18.9 Å². The van der Waals surface area contributed by atoms with Crippen LogP contribution in [0.2, 0.25) is 0 Å². The number of carbonyl (C=O) groups excluding carboxylic acids is 1. The highest BCUT2D eigenvalue weighted by Crippen LogP contribution is 2.37. The van der Waals surface area contributed by atoms with Gasteiger partial charge in [-0.05, 0) is 56.1 Å². The number of methoxy groups -OCH3 is 1. The van der Waals surface area contributed by atoms with Gasteiger partial charge in [-0.1, -0.05) is 12.1 Å². The van der Waals surface area contributed by atoms with E-state index in [4.69, 9.17) is 4.74 Å². The first-order valence-electron chi connectivity index (χ1n) is 8.18. The first-order valence-corrected chi connectivity index (χ1v) is 9.40. The van der Waals surface area contributed by atoms with Crippen LogP contribution in [0.3, 0.4) is 0 Å². The highest BCUT2D eigenvalue weighted by molar-refractivity contribution is 7.98. The largest absolute Gasteiger partial charge is 0.381 e. The second kappa shape index (κ2) is 7.05. The predicted molar refractivity (Wildman–Crippen MR) is 90.2 cm³/mol. The first kappa shape index (κ1) is 15.9. The minimum Gasteiger partial charge on any atom is -0.381 e. The van der Waals surface area contributed by atoms with E-state index in [1.807, 2.05) is 0 Å². The Morgan fingerprint density at radius 1 is 1.23 bits per heavy atom. The zero-order valence-electron chi connectivity index (χ0n) is 13.5. The Labute approximate surface area is 137 Å². The van der Waals surface area contributed by atoms with Crippen molar-refractivity contribution in [1.82, 2.24) is 4.90 Å². The van der Waals surface area contributed by atoms with E-state index in [-0.39, 0.29) is 0 Å². The topological polar surface area (TPSA) is 29.5 Å². The number of fused-ring (bicyclic) bond motifs is 2. The Morgan fingerprint density at radius 2 is 1.86 bits per heavy atom. The summed E-state index contributed by atoms with van der Waals surface area (Å²) in [5.41, 5.74) is 1.25. The fourth-order valence-electron chi connectivity index (χ4n) is 3.90. The maximum Gasteiger partial charge on any atom is 0.223 e. The molecule has 3 nitrogen and oxygen atoms in total. The Morgan fingerprint density at radius 3 is 2.41 bits per heavy atom. The van der Waals surface area contributed by atoms with Gasteiger partial charge in [0.15, 0.2) is 0 Å². The lowest BCUT2D eigenvalue weighted by atomic mass is 9.98. The SMILES string of the molecule is COC1CC2CCC(C1)N2C(=O)CCc1ccc(SC)cc1. The summed E-state index contributed by atoms with van der Waals surface area (Å²) in [4.78, 5) is 16.1. The number of benzene rings is 1. The summed E-state index contributed by atoms with van der Waals surface area (Å²) < 4.78 is 5.51. The molecule has 0 saturated carbocycles. The molecule has 1 aromatic rings. The summed E-state index contributed by atoms with van der Waals surface area (Å²) >= 11 is 1.75. The number of thioether (sulfide) groups is 1. The number of hydrogen-bond acceptors (Lipinski definition) is 3. The molecule has 0 spiro atoms. The fraction of sp³-hybridized carbons (Fsp3) is 0.611. The summed E-state index contributed by atoms with van der Waals surface area (Å²) in [5.74, 6) is 0.330. The molecule has 2 aliphatic rings. The second-order valence-corrected chi connectivity index (χ2v) is 7.24. The molecule has 2 unspecified atom stereocenters. The molecule has 2 atom stereocenters. The number of hydrogen-bond donors (Lipinski definition) is 0. The molecule has 2 fully saturated rings. The average Bonchev–Trinajstić information content (AvgIpc) is 2.83. The van der Waals surface area contributed by atoms with E-state index in [2.05, 4.69) is 35.4 Å². The van der Waals surface area contributed by atoms with Crippen LogP contribution in [-0.2, 0) is 16.0 Å². The molecule has 2 aliphatic heterocycles. The van der Waals surface area contributed by atoms with Gasteiger partial charge >= 0.3 is 0 Å². The van der Waals surface area contributed by atoms with Crippen molar-refractivity contribution in [3.63, 3.8) is 0 Å². The molecule has 3 rings (SSSR count). The maximum absolute atomic E-state index is 12.6. The average molecular weight is 319 g/mol. The van der Waals surface area contributed by atoms with Crippen molar-refractivity contribution in [2.75, 3.05) is 13.4 Å². The van der Waals surface area contributed by atoms with Gasteiger partial charge in [-0.2, -0.15) is 0 Å². The Balaban J connectivity index is 1.56. The van der Waals surface area contributed by atoms with Crippen LogP contribution in [0.5, 0.6) is 0 Å². The third-order valence-electron chi connectivity index (χ3n) is 5.10. The summed E-state index contributed by atoms with van der Waals surface area (Å²) in [6.07, 6.45) is 8.23. The number of rotatable bonds is 5. The van der Waals surface area contributed by atoms with E-state index < -0.39 is 0 Å². The molecule has 2 bridgehead atoms. The van der Waals surface area contributed by atoms with Crippen molar-refractivity contribution in [3.8, 4) is 0 Å². The third-order valence-corrected chi connectivity index (χ3v) is 5.84. The molecule has 1 amide bonds. The molecule has 0 N–H and O–H groups in total. The van der Waals surface area contributed by atoms with Gasteiger partial charge in [0.05, 0.1) is 6.10 Å². The zero-order chi connectivity index (χ0) is 15.5. The fourth-order valence-corrected chi connectivity index (χ4v) is 4.31. The number of ether oxygens (including phenoxy) is 1. The molecule has 0 aromatic heterocycles. The van der Waals surface area contributed by atoms with Crippen LogP contribution in [0, 0.1) is 0 Å². The lowest BCUT2D eigenvalue weighted by Gasteiger charge is -2.38. The van der Waals surface area contributed by atoms with Crippen LogP contribution < -0.4 is 0 Å². The molecule has 0 radical (unpaired) electrons. The van der Waals surface area contributed by atoms with Gasteiger partial charge in [-0.15, -0.1) is 11.8 Å². The van der Waals surface area contributed by atoms with Crippen LogP contribution in [0.25, 0.3) is 0 Å². The molecule has 2 heterocycles. The third kappa shape index (κ3) is 3.33. The van der Waals surface area contributed by atoms with Gasteiger partial charge in [0, 0.05) is 30.5 Å². The van der Waals surface area contributed by atoms with E-state index in [0.717, 1.165) is 32.1 Å². The standard InChI is InChI=1S/C18H25NO2S/c1-21-16-11-14-6-7-15(12-16)19(14)18(20)10-5-13-3-8-17(22-2)9-4-13/h3-4,8-9,14-16H,5-7,10-12H2,1-2H3. The molecular formula is C18H25NO2S. The molecule has 120 valence electrons. The van der Waals surface area contributed by atoms with Gasteiger partial charge in [0.2, 0.25) is 5.91 Å². The predicted octanol–water partition coefficient (Wildman–Crippen LogP) is 3.51. The van der Waals surface area contributed by atoms with E-state index in [0.29, 0.717) is 30.5 Å². The summed E-state index contributed by atoms with van der Waals surface area (Å²) in [7, 11) is 1.79. The number of piperidine rings is 1. The van der Waals surface area contributed by atoms with E-state index in [1.165, 1.54) is 10.5 Å². The molecule has 4 heteroatoms. The van der Waals surface area contributed by atoms with Crippen molar-refractivity contribution in [2.45, 2.75) is 61.6 Å². The Hall–Kier alpha value is -1.00. The highest BCUT2D eigenvalue weighted by Gasteiger charge is 2.42. The lowest BCUT2D eigenvalue weighted by Crippen LogP contribution is -2.48. The monoisotopic (exact) mass is 319 g/mol. The molecule has 0 aliphatic carbocycles. The summed E-state index contributed by atoms with van der Waals surface area (Å²) in [6, 6.07) is 9.39. The summed E-state index contributed by atoms with van der Waals surface area (Å²) in [5, 5.41) is 0. The second-order valence-electron chi connectivity index (χ2n) is 6.36. The zero-order valence-corrected chi connectivity index (χ0v) is 14.3. The van der Waals surface area contributed by atoms with Gasteiger partial charge in [0.1, 0.15) is 0 Å². The number of carbonyl (C=O) groups is 1. The van der Waals surface area contributed by atoms with E-state index >= 15 is 0 Å². The normalized spacial score (nSPS) is 27.2. The number of amides is 1. The van der Waals surface area contributed by atoms with Crippen molar-refractivity contribution in [3.05, 3.63) is 29.8 Å². The Bertz CT molecular complexity index is 502. The molecular weight excluding hydrogens is 294 g/mol. The van der Waals surface area contributed by atoms with Crippen molar-refractivity contribution < 1.29 is 9.53 Å². The van der Waals surface area contributed by atoms with Crippen LogP contribution >= 0.6 is 11.8 Å². The lowest BCUT2D eigenvalue weighted by molar-refractivity contribution is -0.137. The van der Waals surface area contributed by atoms with Gasteiger partial charge < -0.3 is 9.64 Å². The molecule has 22 heavy (non-hydrogen) atoms. The van der Waals surface area contributed by atoms with Gasteiger partial charge in [-0.3, -0.25) is 4.79 Å². The van der Waals surface area contributed by atoms with Crippen molar-refractivity contribution >= 4 is 17.7 Å². The van der Waals surface area contributed by atoms with Crippen LogP contribution in [0.4, 0.5) is 0 Å². The van der Waals surface area contributed by atoms with Crippen molar-refractivity contribution in [2.24, 2.45) is 0 Å². The minimum absolute atomic E-state index is 0.330. The molecule has 2 saturated heterocycles. The minimum atomic E-state index is 0.330. The quantitative estimate of drug-likeness (QED) is 0.778. The Kier molecular flexibility index (Phi) is 5.09. The van der Waals surface area contributed by atoms with Crippen LogP contribution in [-0.4, -0.2) is 42.4 Å².